The molecule has 0 aliphatic rings. The van der Waals surface area contributed by atoms with E-state index < -0.39 is 0 Å². The highest BCUT2D eigenvalue weighted by Crippen LogP contribution is 2.18. The van der Waals surface area contributed by atoms with Crippen molar-refractivity contribution < 1.29 is 13.9 Å². The molecule has 0 aliphatic carbocycles. The number of benzene rings is 2. The van der Waals surface area contributed by atoms with Crippen molar-refractivity contribution in [2.24, 2.45) is 0 Å². The second-order valence-electron chi connectivity index (χ2n) is 4.87. The molecule has 0 fully saturated rings. The summed E-state index contributed by atoms with van der Waals surface area (Å²) < 4.78 is 24.2. The maximum Gasteiger partial charge on any atom is 0.165 e. The lowest BCUT2D eigenvalue weighted by molar-refractivity contribution is 0.232. The van der Waals surface area contributed by atoms with Crippen LogP contribution in [0, 0.1) is 5.82 Å². The molecular weight excluding hydrogens is 269 g/mol. The highest BCUT2D eigenvalue weighted by molar-refractivity contribution is 5.29. The summed E-state index contributed by atoms with van der Waals surface area (Å²) in [5.41, 5.74) is 0.913. The van der Waals surface area contributed by atoms with E-state index in [0.717, 1.165) is 17.9 Å². The topological polar surface area (TPSA) is 21.7 Å². The van der Waals surface area contributed by atoms with E-state index in [2.05, 4.69) is 4.90 Å². The van der Waals surface area contributed by atoms with Gasteiger partial charge in [-0.25, -0.2) is 4.39 Å². The molecule has 0 unspecified atom stereocenters. The van der Waals surface area contributed by atoms with Gasteiger partial charge in [-0.1, -0.05) is 24.3 Å². The van der Waals surface area contributed by atoms with Crippen molar-refractivity contribution in [3.8, 4) is 11.5 Å². The van der Waals surface area contributed by atoms with Crippen molar-refractivity contribution in [3.63, 3.8) is 0 Å². The zero-order chi connectivity index (χ0) is 15.1. The van der Waals surface area contributed by atoms with Gasteiger partial charge in [-0.05, 0) is 36.9 Å². The summed E-state index contributed by atoms with van der Waals surface area (Å²) in [7, 11) is 3.45. The molecule has 4 heteroatoms. The van der Waals surface area contributed by atoms with E-state index in [1.165, 1.54) is 13.2 Å². The van der Waals surface area contributed by atoms with Gasteiger partial charge in [0.1, 0.15) is 12.4 Å². The van der Waals surface area contributed by atoms with Crippen LogP contribution in [0.3, 0.4) is 0 Å². The number of ether oxygens (including phenoxy) is 2. The molecule has 0 aromatic heterocycles. The second-order valence-corrected chi connectivity index (χ2v) is 4.87. The van der Waals surface area contributed by atoms with Crippen LogP contribution in [-0.4, -0.2) is 32.2 Å². The van der Waals surface area contributed by atoms with Crippen LogP contribution in [0.2, 0.25) is 0 Å². The molecule has 21 heavy (non-hydrogen) atoms. The van der Waals surface area contributed by atoms with Gasteiger partial charge >= 0.3 is 0 Å². The summed E-state index contributed by atoms with van der Waals surface area (Å²) in [6, 6.07) is 14.7. The minimum Gasteiger partial charge on any atom is -0.494 e. The third-order valence-electron chi connectivity index (χ3n) is 3.15. The molecule has 0 bridgehead atoms. The molecule has 2 rings (SSSR count). The maximum atomic E-state index is 13.6. The molecular formula is C17H20FNO2. The zero-order valence-electron chi connectivity index (χ0n) is 12.4. The van der Waals surface area contributed by atoms with Crippen molar-refractivity contribution in [1.29, 1.82) is 0 Å². The Labute approximate surface area is 124 Å². The molecule has 2 aromatic rings. The molecule has 0 aliphatic heterocycles. The first-order valence-electron chi connectivity index (χ1n) is 6.88. The Kier molecular flexibility index (Phi) is 5.58. The molecule has 0 radical (unpaired) electrons. The van der Waals surface area contributed by atoms with Crippen LogP contribution in [0.1, 0.15) is 5.56 Å². The van der Waals surface area contributed by atoms with Gasteiger partial charge in [0, 0.05) is 13.1 Å². The third-order valence-corrected chi connectivity index (χ3v) is 3.15. The average Bonchev–Trinajstić information content (AvgIpc) is 2.48. The fraction of sp³-hybridized carbons (Fsp3) is 0.294. The zero-order valence-corrected chi connectivity index (χ0v) is 12.4. The predicted molar refractivity (Wildman–Crippen MR) is 81.2 cm³/mol. The number of likely N-dealkylation sites (N-methyl/N-ethyl adjacent to an activating group) is 1. The monoisotopic (exact) mass is 289 g/mol. The van der Waals surface area contributed by atoms with Crippen LogP contribution in [-0.2, 0) is 6.54 Å². The smallest absolute Gasteiger partial charge is 0.165 e. The van der Waals surface area contributed by atoms with Gasteiger partial charge in [-0.2, -0.15) is 0 Å². The quantitative estimate of drug-likeness (QED) is 0.780. The number of para-hydroxylation sites is 1. The van der Waals surface area contributed by atoms with E-state index in [1.807, 2.05) is 43.4 Å². The van der Waals surface area contributed by atoms with Gasteiger partial charge < -0.3 is 9.47 Å². The normalized spacial score (nSPS) is 10.7. The Bertz CT molecular complexity index is 560. The molecule has 3 nitrogen and oxygen atoms in total. The fourth-order valence-corrected chi connectivity index (χ4v) is 2.04. The number of nitrogens with zero attached hydrogens (tertiary/aromatic N) is 1. The number of rotatable bonds is 7. The minimum absolute atomic E-state index is 0.272. The first-order chi connectivity index (χ1) is 10.2. The van der Waals surface area contributed by atoms with Gasteiger partial charge in [-0.15, -0.1) is 0 Å². The number of methoxy groups -OCH3 is 1. The first-order valence-corrected chi connectivity index (χ1v) is 6.88. The van der Waals surface area contributed by atoms with E-state index in [9.17, 15) is 4.39 Å². The van der Waals surface area contributed by atoms with Crippen LogP contribution >= 0.6 is 0 Å². The third kappa shape index (κ3) is 4.76. The Morgan fingerprint density at radius 1 is 1.10 bits per heavy atom. The molecule has 0 spiro atoms. The summed E-state index contributed by atoms with van der Waals surface area (Å²) in [6.07, 6.45) is 0. The standard InChI is InChI=1S/C17H20FNO2/c1-19(10-11-21-15-6-4-3-5-7-15)13-14-8-9-17(20-2)16(18)12-14/h3-9,12H,10-11,13H2,1-2H3. The molecule has 0 saturated carbocycles. The lowest BCUT2D eigenvalue weighted by Crippen LogP contribution is -2.23. The van der Waals surface area contributed by atoms with Gasteiger partial charge in [0.05, 0.1) is 7.11 Å². The summed E-state index contributed by atoms with van der Waals surface area (Å²) in [5, 5.41) is 0. The molecule has 112 valence electrons. The second kappa shape index (κ2) is 7.64. The molecule has 0 saturated heterocycles. The van der Waals surface area contributed by atoms with Crippen LogP contribution in [0.5, 0.6) is 11.5 Å². The van der Waals surface area contributed by atoms with Crippen molar-refractivity contribution in [2.75, 3.05) is 27.3 Å². The molecule has 0 atom stereocenters. The summed E-state index contributed by atoms with van der Waals surface area (Å²) in [5.74, 6) is 0.805. The first kappa shape index (κ1) is 15.3. The van der Waals surface area contributed by atoms with Crippen LogP contribution < -0.4 is 9.47 Å². The average molecular weight is 289 g/mol. The van der Waals surface area contributed by atoms with E-state index in [-0.39, 0.29) is 11.6 Å². The Balaban J connectivity index is 1.79. The van der Waals surface area contributed by atoms with Gasteiger partial charge in [0.15, 0.2) is 11.6 Å². The van der Waals surface area contributed by atoms with E-state index in [4.69, 9.17) is 9.47 Å². The maximum absolute atomic E-state index is 13.6. The SMILES string of the molecule is COc1ccc(CN(C)CCOc2ccccc2)cc1F. The van der Waals surface area contributed by atoms with Crippen molar-refractivity contribution in [3.05, 3.63) is 59.9 Å². The largest absolute Gasteiger partial charge is 0.494 e. The van der Waals surface area contributed by atoms with Gasteiger partial charge in [0.2, 0.25) is 0 Å². The van der Waals surface area contributed by atoms with Crippen LogP contribution in [0.15, 0.2) is 48.5 Å². The molecule has 0 amide bonds. The van der Waals surface area contributed by atoms with Crippen LogP contribution in [0.25, 0.3) is 0 Å². The summed E-state index contributed by atoms with van der Waals surface area (Å²) in [6.45, 7) is 2.03. The van der Waals surface area contributed by atoms with E-state index in [0.29, 0.717) is 13.2 Å². The highest BCUT2D eigenvalue weighted by atomic mass is 19.1. The van der Waals surface area contributed by atoms with Gasteiger partial charge in [0.25, 0.3) is 0 Å². The summed E-state index contributed by atoms with van der Waals surface area (Å²) >= 11 is 0. The Morgan fingerprint density at radius 2 is 1.86 bits per heavy atom. The Morgan fingerprint density at radius 3 is 2.52 bits per heavy atom. The Hall–Kier alpha value is -2.07. The van der Waals surface area contributed by atoms with E-state index >= 15 is 0 Å². The van der Waals surface area contributed by atoms with Crippen molar-refractivity contribution >= 4 is 0 Å². The van der Waals surface area contributed by atoms with Gasteiger partial charge in [-0.3, -0.25) is 4.90 Å². The fourth-order valence-electron chi connectivity index (χ4n) is 2.04. The minimum atomic E-state index is -0.330. The van der Waals surface area contributed by atoms with Crippen molar-refractivity contribution in [1.82, 2.24) is 4.90 Å². The molecule has 2 aromatic carbocycles. The number of hydrogen-bond acceptors (Lipinski definition) is 3. The lowest BCUT2D eigenvalue weighted by Gasteiger charge is -2.17. The number of halogens is 1. The predicted octanol–water partition coefficient (Wildman–Crippen LogP) is 3.35. The molecule has 0 heterocycles. The highest BCUT2D eigenvalue weighted by Gasteiger charge is 2.06. The molecule has 0 N–H and O–H groups in total. The van der Waals surface area contributed by atoms with Crippen molar-refractivity contribution in [2.45, 2.75) is 6.54 Å². The van der Waals surface area contributed by atoms with Crippen LogP contribution in [0.4, 0.5) is 4.39 Å². The lowest BCUT2D eigenvalue weighted by atomic mass is 10.2. The van der Waals surface area contributed by atoms with E-state index in [1.54, 1.807) is 6.07 Å². The number of hydrogen-bond donors (Lipinski definition) is 0. The summed E-state index contributed by atoms with van der Waals surface area (Å²) in [4.78, 5) is 2.09.